The van der Waals surface area contributed by atoms with Gasteiger partial charge in [-0.2, -0.15) is 0 Å². The third-order valence-electron chi connectivity index (χ3n) is 4.07. The minimum absolute atomic E-state index is 0.0949. The summed E-state index contributed by atoms with van der Waals surface area (Å²) in [5, 5.41) is 12.3. The molecule has 1 fully saturated rings. The molecule has 6 nitrogen and oxygen atoms in total. The summed E-state index contributed by atoms with van der Waals surface area (Å²) in [6.07, 6.45) is 2.55. The molecule has 1 aliphatic carbocycles. The van der Waals surface area contributed by atoms with E-state index in [4.69, 9.17) is 0 Å². The van der Waals surface area contributed by atoms with E-state index in [0.29, 0.717) is 18.7 Å². The fraction of sp³-hybridized carbons (Fsp3) is 0.375. The highest BCUT2D eigenvalue weighted by molar-refractivity contribution is 7.91. The van der Waals surface area contributed by atoms with Crippen molar-refractivity contribution in [3.8, 4) is 0 Å². The maximum Gasteiger partial charge on any atom is 0.180 e. The van der Waals surface area contributed by atoms with Crippen LogP contribution in [0.3, 0.4) is 0 Å². The van der Waals surface area contributed by atoms with Crippen molar-refractivity contribution >= 4 is 15.7 Å². The highest BCUT2D eigenvalue weighted by Crippen LogP contribution is 2.35. The maximum atomic E-state index is 12.9. The Kier molecular flexibility index (Phi) is 4.77. The van der Waals surface area contributed by atoms with E-state index in [1.807, 2.05) is 0 Å². The van der Waals surface area contributed by atoms with Gasteiger partial charge in [0.1, 0.15) is 18.0 Å². The standard InChI is InChI=1S/C16H18FN3O3S/c17-12-1-3-14(4-2-12)24(22,23)6-5-18-16-9-15(19-10-20-16)11-7-13(21)8-11/h1-4,9-11,13,21H,5-8H2,(H,18,19,20). The number of halogens is 1. The van der Waals surface area contributed by atoms with E-state index in [9.17, 15) is 17.9 Å². The first kappa shape index (κ1) is 16.8. The van der Waals surface area contributed by atoms with Gasteiger partial charge in [-0.05, 0) is 37.1 Å². The second kappa shape index (κ2) is 6.82. The molecule has 0 unspecified atom stereocenters. The first-order valence-electron chi connectivity index (χ1n) is 7.66. The summed E-state index contributed by atoms with van der Waals surface area (Å²) in [5.41, 5.74) is 0.846. The molecule has 1 aromatic heterocycles. The van der Waals surface area contributed by atoms with Crippen LogP contribution in [0, 0.1) is 5.82 Å². The number of anilines is 1. The summed E-state index contributed by atoms with van der Waals surface area (Å²) >= 11 is 0. The number of hydrogen-bond acceptors (Lipinski definition) is 6. The van der Waals surface area contributed by atoms with Gasteiger partial charge in [-0.25, -0.2) is 22.8 Å². The summed E-state index contributed by atoms with van der Waals surface area (Å²) in [4.78, 5) is 8.36. The van der Waals surface area contributed by atoms with Crippen LogP contribution >= 0.6 is 0 Å². The Balaban J connectivity index is 1.58. The average molecular weight is 351 g/mol. The van der Waals surface area contributed by atoms with E-state index in [-0.39, 0.29) is 29.2 Å². The molecule has 3 rings (SSSR count). The predicted octanol–water partition coefficient (Wildman–Crippen LogP) is 1.74. The van der Waals surface area contributed by atoms with Crippen molar-refractivity contribution in [3.63, 3.8) is 0 Å². The van der Waals surface area contributed by atoms with Crippen LogP contribution in [0.25, 0.3) is 0 Å². The Morgan fingerprint density at radius 3 is 2.58 bits per heavy atom. The SMILES string of the molecule is O=S(=O)(CCNc1cc(C2CC(O)C2)ncn1)c1ccc(F)cc1. The largest absolute Gasteiger partial charge is 0.393 e. The van der Waals surface area contributed by atoms with Gasteiger partial charge in [0.25, 0.3) is 0 Å². The third kappa shape index (κ3) is 3.88. The van der Waals surface area contributed by atoms with Crippen LogP contribution in [-0.4, -0.2) is 41.9 Å². The number of aromatic nitrogens is 2. The number of sulfone groups is 1. The van der Waals surface area contributed by atoms with Crippen molar-refractivity contribution < 1.29 is 17.9 Å². The molecule has 1 heterocycles. The minimum Gasteiger partial charge on any atom is -0.393 e. The van der Waals surface area contributed by atoms with Crippen LogP contribution < -0.4 is 5.32 Å². The van der Waals surface area contributed by atoms with Gasteiger partial charge in [-0.3, -0.25) is 0 Å². The van der Waals surface area contributed by atoms with Crippen LogP contribution in [0.5, 0.6) is 0 Å². The highest BCUT2D eigenvalue weighted by Gasteiger charge is 2.29. The highest BCUT2D eigenvalue weighted by atomic mass is 32.2. The predicted molar refractivity (Wildman–Crippen MR) is 87.0 cm³/mol. The molecule has 0 saturated heterocycles. The number of aliphatic hydroxyl groups is 1. The van der Waals surface area contributed by atoms with Crippen LogP contribution in [-0.2, 0) is 9.84 Å². The first-order chi connectivity index (χ1) is 11.4. The molecule has 1 aromatic carbocycles. The van der Waals surface area contributed by atoms with E-state index in [2.05, 4.69) is 15.3 Å². The Hall–Kier alpha value is -2.06. The van der Waals surface area contributed by atoms with E-state index in [1.54, 1.807) is 6.07 Å². The lowest BCUT2D eigenvalue weighted by atomic mass is 9.80. The second-order valence-corrected chi connectivity index (χ2v) is 7.96. The maximum absolute atomic E-state index is 12.9. The van der Waals surface area contributed by atoms with Crippen LogP contribution in [0.1, 0.15) is 24.5 Å². The van der Waals surface area contributed by atoms with Crippen LogP contribution in [0.15, 0.2) is 41.6 Å². The number of benzene rings is 1. The summed E-state index contributed by atoms with van der Waals surface area (Å²) in [7, 11) is -3.48. The molecule has 0 spiro atoms. The van der Waals surface area contributed by atoms with Gasteiger partial charge in [-0.15, -0.1) is 0 Å². The van der Waals surface area contributed by atoms with Gasteiger partial charge in [0, 0.05) is 24.2 Å². The first-order valence-corrected chi connectivity index (χ1v) is 9.31. The van der Waals surface area contributed by atoms with Crippen molar-refractivity contribution in [3.05, 3.63) is 48.2 Å². The molecule has 2 aromatic rings. The van der Waals surface area contributed by atoms with E-state index >= 15 is 0 Å². The number of aliphatic hydroxyl groups excluding tert-OH is 1. The Bertz CT molecular complexity index is 806. The molecule has 0 aliphatic heterocycles. The number of nitrogens with zero attached hydrogens (tertiary/aromatic N) is 2. The topological polar surface area (TPSA) is 92.2 Å². The zero-order valence-corrected chi connectivity index (χ0v) is 13.7. The molecule has 0 bridgehead atoms. The summed E-state index contributed by atoms with van der Waals surface area (Å²) in [6, 6.07) is 6.56. The minimum atomic E-state index is -3.48. The van der Waals surface area contributed by atoms with E-state index in [1.165, 1.54) is 18.5 Å². The van der Waals surface area contributed by atoms with E-state index in [0.717, 1.165) is 17.8 Å². The number of nitrogens with one attached hydrogen (secondary N) is 1. The average Bonchev–Trinajstić information content (AvgIpc) is 2.52. The van der Waals surface area contributed by atoms with Gasteiger partial charge >= 0.3 is 0 Å². The lowest BCUT2D eigenvalue weighted by Gasteiger charge is -2.30. The lowest BCUT2D eigenvalue weighted by molar-refractivity contribution is 0.0732. The van der Waals surface area contributed by atoms with Gasteiger partial charge in [0.05, 0.1) is 16.8 Å². The second-order valence-electron chi connectivity index (χ2n) is 5.85. The fourth-order valence-electron chi connectivity index (χ4n) is 2.59. The number of rotatable bonds is 6. The summed E-state index contributed by atoms with van der Waals surface area (Å²) in [6.45, 7) is 0.184. The molecule has 0 atom stereocenters. The molecular formula is C16H18FN3O3S. The van der Waals surface area contributed by atoms with Crippen molar-refractivity contribution in [1.29, 1.82) is 0 Å². The smallest absolute Gasteiger partial charge is 0.180 e. The zero-order chi connectivity index (χ0) is 17.2. The van der Waals surface area contributed by atoms with Gasteiger partial charge in [0.2, 0.25) is 0 Å². The van der Waals surface area contributed by atoms with Gasteiger partial charge < -0.3 is 10.4 Å². The molecule has 24 heavy (non-hydrogen) atoms. The summed E-state index contributed by atoms with van der Waals surface area (Å²) < 4.78 is 37.2. The summed E-state index contributed by atoms with van der Waals surface area (Å²) in [5.74, 6) is 0.184. The normalized spacial score (nSPS) is 20.4. The molecule has 1 saturated carbocycles. The molecular weight excluding hydrogens is 333 g/mol. The molecule has 0 radical (unpaired) electrons. The fourth-order valence-corrected chi connectivity index (χ4v) is 3.75. The lowest BCUT2D eigenvalue weighted by Crippen LogP contribution is -2.27. The van der Waals surface area contributed by atoms with Crippen molar-refractivity contribution in [1.82, 2.24) is 9.97 Å². The van der Waals surface area contributed by atoms with Crippen molar-refractivity contribution in [2.45, 2.75) is 29.8 Å². The molecule has 0 amide bonds. The Labute approximate surface area is 139 Å². The number of hydrogen-bond donors (Lipinski definition) is 2. The molecule has 1 aliphatic rings. The van der Waals surface area contributed by atoms with Crippen molar-refractivity contribution in [2.24, 2.45) is 0 Å². The monoisotopic (exact) mass is 351 g/mol. The third-order valence-corrected chi connectivity index (χ3v) is 5.80. The molecule has 128 valence electrons. The zero-order valence-electron chi connectivity index (χ0n) is 12.9. The van der Waals surface area contributed by atoms with Gasteiger partial charge in [0.15, 0.2) is 9.84 Å². The molecule has 2 N–H and O–H groups in total. The van der Waals surface area contributed by atoms with Crippen LogP contribution in [0.4, 0.5) is 10.2 Å². The van der Waals surface area contributed by atoms with Crippen molar-refractivity contribution in [2.75, 3.05) is 17.6 Å². The molecule has 8 heteroatoms. The van der Waals surface area contributed by atoms with Gasteiger partial charge in [-0.1, -0.05) is 0 Å². The Morgan fingerprint density at radius 2 is 1.92 bits per heavy atom. The quantitative estimate of drug-likeness (QED) is 0.770. The Morgan fingerprint density at radius 1 is 1.21 bits per heavy atom. The van der Waals surface area contributed by atoms with Crippen LogP contribution in [0.2, 0.25) is 0 Å². The van der Waals surface area contributed by atoms with E-state index < -0.39 is 15.7 Å².